The average Bonchev–Trinajstić information content (AvgIpc) is 3.29. The first kappa shape index (κ1) is 29.6. The molecule has 2 aromatic carbocycles. The molecule has 0 aliphatic carbocycles. The van der Waals surface area contributed by atoms with Gasteiger partial charge in [0.2, 0.25) is 5.88 Å². The minimum Gasteiger partial charge on any atom is -0.494 e. The second-order valence-corrected chi connectivity index (χ2v) is 11.2. The maximum Gasteiger partial charge on any atom is 0.534 e. The molecule has 1 aliphatic heterocycles. The summed E-state index contributed by atoms with van der Waals surface area (Å²) in [6, 6.07) is 9.78. The highest BCUT2D eigenvalue weighted by molar-refractivity contribution is 7.87. The van der Waals surface area contributed by atoms with Gasteiger partial charge in [-0.1, -0.05) is 24.6 Å². The molecule has 1 saturated heterocycles. The average molecular weight is 612 g/mol. The number of hydrogen-bond acceptors (Lipinski definition) is 8. The third kappa shape index (κ3) is 6.31. The van der Waals surface area contributed by atoms with Gasteiger partial charge in [-0.05, 0) is 38.9 Å². The quantitative estimate of drug-likeness (QED) is 0.140. The molecule has 3 heterocycles. The summed E-state index contributed by atoms with van der Waals surface area (Å²) in [5, 5.41) is 4.88. The monoisotopic (exact) mass is 611 g/mol. The summed E-state index contributed by atoms with van der Waals surface area (Å²) in [7, 11) is -6.02. The van der Waals surface area contributed by atoms with Crippen LogP contribution in [0.1, 0.15) is 37.4 Å². The zero-order valence-electron chi connectivity index (χ0n) is 22.4. The summed E-state index contributed by atoms with van der Waals surface area (Å²) in [5.41, 5.74) is -5.26. The Kier molecular flexibility index (Phi) is 8.32. The smallest absolute Gasteiger partial charge is 0.494 e. The molecule has 5 rings (SSSR count). The van der Waals surface area contributed by atoms with Crippen molar-refractivity contribution in [3.05, 3.63) is 65.4 Å². The molecular weight excluding hydrogens is 585 g/mol. The van der Waals surface area contributed by atoms with E-state index in [-0.39, 0.29) is 48.2 Å². The van der Waals surface area contributed by atoms with Crippen molar-refractivity contribution < 1.29 is 39.3 Å². The zero-order valence-corrected chi connectivity index (χ0v) is 23.2. The van der Waals surface area contributed by atoms with E-state index >= 15 is 0 Å². The van der Waals surface area contributed by atoms with Gasteiger partial charge >= 0.3 is 15.6 Å². The highest BCUT2D eigenvalue weighted by Crippen LogP contribution is 2.31. The van der Waals surface area contributed by atoms with Crippen LogP contribution in [0.4, 0.5) is 22.0 Å². The van der Waals surface area contributed by atoms with Crippen LogP contribution in [0.3, 0.4) is 0 Å². The number of hydrogen-bond donors (Lipinski definition) is 0. The minimum absolute atomic E-state index is 0.0301. The first-order valence-corrected chi connectivity index (χ1v) is 14.5. The molecule has 0 atom stereocenters. The van der Waals surface area contributed by atoms with Gasteiger partial charge < -0.3 is 8.92 Å². The molecule has 0 N–H and O–H groups in total. The van der Waals surface area contributed by atoms with Crippen molar-refractivity contribution in [3.63, 3.8) is 0 Å². The molecule has 224 valence electrons. The number of halogens is 5. The summed E-state index contributed by atoms with van der Waals surface area (Å²) in [4.78, 5) is 10.5. The number of ether oxygens (including phenoxy) is 1. The lowest BCUT2D eigenvalue weighted by atomic mass is 10.1. The first-order valence-electron chi connectivity index (χ1n) is 13.1. The Bertz CT molecular complexity index is 1680. The van der Waals surface area contributed by atoms with Gasteiger partial charge in [-0.3, -0.25) is 9.58 Å². The van der Waals surface area contributed by atoms with Crippen LogP contribution in [0.25, 0.3) is 22.4 Å². The molecule has 0 bridgehead atoms. The van der Waals surface area contributed by atoms with Gasteiger partial charge in [-0.2, -0.15) is 31.7 Å². The fourth-order valence-electron chi connectivity index (χ4n) is 4.75. The van der Waals surface area contributed by atoms with Crippen molar-refractivity contribution in [1.82, 2.24) is 24.6 Å². The van der Waals surface area contributed by atoms with Gasteiger partial charge in [-0.25, -0.2) is 13.8 Å². The highest BCUT2D eigenvalue weighted by atomic mass is 32.2. The summed E-state index contributed by atoms with van der Waals surface area (Å²) in [6.07, 6.45) is 2.90. The number of benzene rings is 2. The molecule has 0 unspecified atom stereocenters. The number of likely N-dealkylation sites (tertiary alicyclic amines) is 1. The van der Waals surface area contributed by atoms with Crippen molar-refractivity contribution in [3.8, 4) is 23.1 Å². The molecule has 1 fully saturated rings. The molecule has 4 aromatic rings. The van der Waals surface area contributed by atoms with Gasteiger partial charge in [-0.15, -0.1) is 0 Å². The Morgan fingerprint density at radius 3 is 2.31 bits per heavy atom. The SMILES string of the molecule is CCOc1cc(F)c(Cn2nc(-c3nc(CN4CCCCC4)cc(OS(=O)(=O)C(F)(F)F)n3)c3ccccc32)c(F)c1. The standard InChI is InChI=1S/C27H26F5N5O4S/c1-2-40-18-13-21(28)20(22(29)14-18)16-37-23-9-5-4-8-19(23)25(35-37)26-33-17(15-36-10-6-3-7-11-36)12-24(34-26)41-42(38,39)27(30,31)32/h4-5,8-9,12-14H,2-3,6-7,10-11,15-16H2,1H3. The lowest BCUT2D eigenvalue weighted by Gasteiger charge is -2.26. The Morgan fingerprint density at radius 2 is 1.64 bits per heavy atom. The Labute approximate surface area is 238 Å². The lowest BCUT2D eigenvalue weighted by Crippen LogP contribution is -2.30. The summed E-state index contributed by atoms with van der Waals surface area (Å²) in [5.74, 6) is -2.71. The first-order chi connectivity index (χ1) is 19.9. The Morgan fingerprint density at radius 1 is 0.952 bits per heavy atom. The Hall–Kier alpha value is -3.85. The number of fused-ring (bicyclic) bond motifs is 1. The Balaban J connectivity index is 1.59. The largest absolute Gasteiger partial charge is 0.534 e. The molecular formula is C27H26F5N5O4S. The normalized spacial score (nSPS) is 14.8. The van der Waals surface area contributed by atoms with Crippen LogP contribution in [0.5, 0.6) is 11.6 Å². The zero-order chi connectivity index (χ0) is 30.1. The van der Waals surface area contributed by atoms with E-state index in [0.29, 0.717) is 10.9 Å². The van der Waals surface area contributed by atoms with E-state index in [1.54, 1.807) is 31.2 Å². The lowest BCUT2D eigenvalue weighted by molar-refractivity contribution is -0.0501. The number of piperidine rings is 1. The van der Waals surface area contributed by atoms with E-state index in [2.05, 4.69) is 19.2 Å². The fraction of sp³-hybridized carbons (Fsp3) is 0.370. The van der Waals surface area contributed by atoms with E-state index < -0.39 is 33.1 Å². The van der Waals surface area contributed by atoms with Crippen LogP contribution < -0.4 is 8.92 Å². The van der Waals surface area contributed by atoms with Crippen LogP contribution in [0.2, 0.25) is 0 Å². The van der Waals surface area contributed by atoms with Gasteiger partial charge in [0.05, 0.1) is 24.4 Å². The molecule has 15 heteroatoms. The van der Waals surface area contributed by atoms with E-state index in [4.69, 9.17) is 4.74 Å². The van der Waals surface area contributed by atoms with E-state index in [1.807, 2.05) is 4.90 Å². The summed E-state index contributed by atoms with van der Waals surface area (Å²) in [6.45, 7) is 3.22. The van der Waals surface area contributed by atoms with E-state index in [1.165, 1.54) is 4.68 Å². The number of para-hydroxylation sites is 1. The third-order valence-electron chi connectivity index (χ3n) is 6.67. The predicted octanol–water partition coefficient (Wildman–Crippen LogP) is 5.43. The third-order valence-corrected chi connectivity index (χ3v) is 7.63. The van der Waals surface area contributed by atoms with Crippen LogP contribution in [0.15, 0.2) is 42.5 Å². The topological polar surface area (TPSA) is 99.4 Å². The van der Waals surface area contributed by atoms with E-state index in [9.17, 15) is 30.4 Å². The van der Waals surface area contributed by atoms with Crippen LogP contribution in [-0.4, -0.2) is 58.3 Å². The van der Waals surface area contributed by atoms with Gasteiger partial charge in [0.15, 0.2) is 5.82 Å². The maximum absolute atomic E-state index is 14.9. The van der Waals surface area contributed by atoms with Crippen molar-refractivity contribution in [1.29, 1.82) is 0 Å². The number of nitrogens with zero attached hydrogens (tertiary/aromatic N) is 5. The molecule has 9 nitrogen and oxygen atoms in total. The molecule has 1 aliphatic rings. The van der Waals surface area contributed by atoms with Crippen LogP contribution in [-0.2, 0) is 23.2 Å². The summed E-state index contributed by atoms with van der Waals surface area (Å²) >= 11 is 0. The van der Waals surface area contributed by atoms with Gasteiger partial charge in [0.1, 0.15) is 23.1 Å². The van der Waals surface area contributed by atoms with Crippen LogP contribution in [0, 0.1) is 11.6 Å². The number of aromatic nitrogens is 4. The molecule has 0 spiro atoms. The van der Waals surface area contributed by atoms with E-state index in [0.717, 1.165) is 50.6 Å². The molecule has 2 aromatic heterocycles. The van der Waals surface area contributed by atoms with Crippen LogP contribution >= 0.6 is 0 Å². The van der Waals surface area contributed by atoms with Crippen molar-refractivity contribution in [2.24, 2.45) is 0 Å². The second-order valence-electron chi connectivity index (χ2n) is 9.66. The minimum atomic E-state index is -6.02. The fourth-order valence-corrected chi connectivity index (χ4v) is 5.16. The number of rotatable bonds is 9. The van der Waals surface area contributed by atoms with Gasteiger partial charge in [0, 0.05) is 35.7 Å². The highest BCUT2D eigenvalue weighted by Gasteiger charge is 2.49. The number of alkyl halides is 3. The molecule has 0 radical (unpaired) electrons. The van der Waals surface area contributed by atoms with Crippen molar-refractivity contribution in [2.45, 2.75) is 44.8 Å². The van der Waals surface area contributed by atoms with Gasteiger partial charge in [0.25, 0.3) is 0 Å². The second kappa shape index (κ2) is 11.8. The molecule has 0 saturated carbocycles. The van der Waals surface area contributed by atoms with Crippen molar-refractivity contribution in [2.75, 3.05) is 19.7 Å². The molecule has 42 heavy (non-hydrogen) atoms. The molecule has 0 amide bonds. The van der Waals surface area contributed by atoms with Crippen molar-refractivity contribution >= 4 is 21.0 Å². The summed E-state index contributed by atoms with van der Waals surface area (Å²) < 4.78 is 104. The predicted molar refractivity (Wildman–Crippen MR) is 142 cm³/mol. The maximum atomic E-state index is 14.9.